The molecule has 2 nitrogen and oxygen atoms in total. The lowest BCUT2D eigenvalue weighted by atomic mass is 10.1. The van der Waals surface area contributed by atoms with Crippen molar-refractivity contribution in [2.24, 2.45) is 0 Å². The zero-order valence-corrected chi connectivity index (χ0v) is 10.1. The van der Waals surface area contributed by atoms with Crippen LogP contribution < -0.4 is 5.32 Å². The van der Waals surface area contributed by atoms with Crippen LogP contribution >= 0.6 is 0 Å². The smallest absolute Gasteiger partial charge is 0.330 e. The molecule has 0 rings (SSSR count). The molecule has 1 unspecified atom stereocenters. The van der Waals surface area contributed by atoms with Crippen molar-refractivity contribution in [1.29, 1.82) is 0 Å². The van der Waals surface area contributed by atoms with E-state index in [9.17, 15) is 17.6 Å². The van der Waals surface area contributed by atoms with Crippen LogP contribution in [0.4, 0.5) is 17.6 Å². The van der Waals surface area contributed by atoms with E-state index in [1.807, 2.05) is 6.92 Å². The standard InChI is InChI=1S/C11H19F4NO/c1-4-16-9(5-8(2)3)6-17-7-11(14,15)10(12)13/h9-10,16H,2,4-7H2,1,3H3. The van der Waals surface area contributed by atoms with E-state index in [1.54, 1.807) is 6.92 Å². The summed E-state index contributed by atoms with van der Waals surface area (Å²) >= 11 is 0. The van der Waals surface area contributed by atoms with Gasteiger partial charge in [-0.3, -0.25) is 0 Å². The molecule has 0 saturated carbocycles. The van der Waals surface area contributed by atoms with Crippen molar-refractivity contribution < 1.29 is 22.3 Å². The number of hydrogen-bond donors (Lipinski definition) is 1. The summed E-state index contributed by atoms with van der Waals surface area (Å²) in [6.45, 7) is 6.71. The molecule has 1 atom stereocenters. The van der Waals surface area contributed by atoms with Gasteiger partial charge in [0.25, 0.3) is 0 Å². The van der Waals surface area contributed by atoms with E-state index in [2.05, 4.69) is 16.6 Å². The third-order valence-corrected chi connectivity index (χ3v) is 2.02. The molecule has 0 aromatic carbocycles. The fraction of sp³-hybridized carbons (Fsp3) is 0.818. The molecule has 0 aliphatic rings. The summed E-state index contributed by atoms with van der Waals surface area (Å²) in [4.78, 5) is 0. The Morgan fingerprint density at radius 3 is 2.41 bits per heavy atom. The molecule has 0 radical (unpaired) electrons. The van der Waals surface area contributed by atoms with Gasteiger partial charge in [-0.25, -0.2) is 8.78 Å². The second-order valence-corrected chi connectivity index (χ2v) is 3.99. The maximum Gasteiger partial charge on any atom is 0.330 e. The van der Waals surface area contributed by atoms with Crippen LogP contribution in [0.15, 0.2) is 12.2 Å². The number of hydrogen-bond acceptors (Lipinski definition) is 2. The average molecular weight is 257 g/mol. The molecule has 17 heavy (non-hydrogen) atoms. The van der Waals surface area contributed by atoms with Gasteiger partial charge < -0.3 is 10.1 Å². The SMILES string of the molecule is C=C(C)CC(COCC(F)(F)C(F)F)NCC. The predicted octanol–water partition coefficient (Wildman–Crippen LogP) is 2.85. The van der Waals surface area contributed by atoms with Gasteiger partial charge in [-0.05, 0) is 19.9 Å². The Balaban J connectivity index is 4.01. The predicted molar refractivity (Wildman–Crippen MR) is 58.7 cm³/mol. The summed E-state index contributed by atoms with van der Waals surface area (Å²) in [5.74, 6) is -4.08. The number of nitrogens with one attached hydrogen (secondary N) is 1. The van der Waals surface area contributed by atoms with Crippen molar-refractivity contribution in [3.63, 3.8) is 0 Å². The number of likely N-dealkylation sites (N-methyl/N-ethyl adjacent to an activating group) is 1. The van der Waals surface area contributed by atoms with E-state index < -0.39 is 19.0 Å². The van der Waals surface area contributed by atoms with Crippen LogP contribution in [0.1, 0.15) is 20.3 Å². The molecule has 0 bridgehead atoms. The molecule has 0 spiro atoms. The lowest BCUT2D eigenvalue weighted by Gasteiger charge is -2.20. The minimum Gasteiger partial charge on any atom is -0.373 e. The Labute approximate surface area is 99.0 Å². The monoisotopic (exact) mass is 257 g/mol. The Kier molecular flexibility index (Phi) is 7.38. The van der Waals surface area contributed by atoms with Gasteiger partial charge >= 0.3 is 12.3 Å². The summed E-state index contributed by atoms with van der Waals surface area (Å²) in [6.07, 6.45) is -3.13. The van der Waals surface area contributed by atoms with E-state index in [4.69, 9.17) is 0 Å². The summed E-state index contributed by atoms with van der Waals surface area (Å²) < 4.78 is 53.4. The van der Waals surface area contributed by atoms with E-state index in [1.165, 1.54) is 0 Å². The fourth-order valence-corrected chi connectivity index (χ4v) is 1.30. The van der Waals surface area contributed by atoms with Gasteiger partial charge in [-0.15, -0.1) is 6.58 Å². The third-order valence-electron chi connectivity index (χ3n) is 2.02. The van der Waals surface area contributed by atoms with E-state index in [0.717, 1.165) is 5.57 Å². The van der Waals surface area contributed by atoms with Crippen LogP contribution in [-0.4, -0.2) is 38.1 Å². The molecular weight excluding hydrogens is 238 g/mol. The molecule has 0 saturated heterocycles. The van der Waals surface area contributed by atoms with Crippen molar-refractivity contribution in [1.82, 2.24) is 5.32 Å². The first-order valence-electron chi connectivity index (χ1n) is 5.41. The summed E-state index contributed by atoms with van der Waals surface area (Å²) in [6, 6.07) is -0.175. The molecule has 0 heterocycles. The van der Waals surface area contributed by atoms with Gasteiger partial charge in [0.15, 0.2) is 0 Å². The number of alkyl halides is 4. The topological polar surface area (TPSA) is 21.3 Å². The van der Waals surface area contributed by atoms with Crippen molar-refractivity contribution in [3.05, 3.63) is 12.2 Å². The summed E-state index contributed by atoms with van der Waals surface area (Å²) in [5.41, 5.74) is 0.875. The van der Waals surface area contributed by atoms with Gasteiger partial charge in [-0.1, -0.05) is 12.5 Å². The van der Waals surface area contributed by atoms with E-state index in [-0.39, 0.29) is 12.6 Å². The first-order chi connectivity index (χ1) is 7.79. The van der Waals surface area contributed by atoms with Crippen LogP contribution in [-0.2, 0) is 4.74 Å². The number of rotatable bonds is 9. The maximum absolute atomic E-state index is 12.5. The first-order valence-corrected chi connectivity index (χ1v) is 5.41. The zero-order valence-electron chi connectivity index (χ0n) is 10.1. The third kappa shape index (κ3) is 7.33. The van der Waals surface area contributed by atoms with Crippen LogP contribution in [0.2, 0.25) is 0 Å². The average Bonchev–Trinajstić information content (AvgIpc) is 2.16. The van der Waals surface area contributed by atoms with Crippen LogP contribution in [0.25, 0.3) is 0 Å². The largest absolute Gasteiger partial charge is 0.373 e. The Morgan fingerprint density at radius 2 is 2.00 bits per heavy atom. The Hall–Kier alpha value is -0.620. The summed E-state index contributed by atoms with van der Waals surface area (Å²) in [7, 11) is 0. The van der Waals surface area contributed by atoms with Crippen LogP contribution in [0, 0.1) is 0 Å². The van der Waals surface area contributed by atoms with Gasteiger partial charge in [-0.2, -0.15) is 8.78 Å². The Morgan fingerprint density at radius 1 is 1.41 bits per heavy atom. The highest BCUT2D eigenvalue weighted by atomic mass is 19.3. The van der Waals surface area contributed by atoms with Crippen molar-refractivity contribution in [2.45, 2.75) is 38.7 Å². The second kappa shape index (κ2) is 7.66. The highest BCUT2D eigenvalue weighted by Crippen LogP contribution is 2.22. The van der Waals surface area contributed by atoms with Crippen molar-refractivity contribution in [3.8, 4) is 0 Å². The molecule has 0 aliphatic carbocycles. The number of ether oxygens (including phenoxy) is 1. The normalized spacial score (nSPS) is 14.1. The van der Waals surface area contributed by atoms with Gasteiger partial charge in [0.05, 0.1) is 6.61 Å². The lowest BCUT2D eigenvalue weighted by molar-refractivity contribution is -0.167. The zero-order chi connectivity index (χ0) is 13.5. The molecule has 102 valence electrons. The molecule has 0 aliphatic heterocycles. The van der Waals surface area contributed by atoms with E-state index >= 15 is 0 Å². The molecule has 1 N–H and O–H groups in total. The van der Waals surface area contributed by atoms with E-state index in [0.29, 0.717) is 13.0 Å². The molecule has 6 heteroatoms. The molecule has 0 fully saturated rings. The molecular formula is C11H19F4NO. The molecule has 0 aromatic rings. The molecule has 0 aromatic heterocycles. The first kappa shape index (κ1) is 16.4. The van der Waals surface area contributed by atoms with Gasteiger partial charge in [0.2, 0.25) is 0 Å². The van der Waals surface area contributed by atoms with Crippen molar-refractivity contribution >= 4 is 0 Å². The van der Waals surface area contributed by atoms with Gasteiger partial charge in [0, 0.05) is 6.04 Å². The van der Waals surface area contributed by atoms with Crippen molar-refractivity contribution in [2.75, 3.05) is 19.8 Å². The second-order valence-electron chi connectivity index (χ2n) is 3.99. The lowest BCUT2D eigenvalue weighted by Crippen LogP contribution is -2.37. The maximum atomic E-state index is 12.5. The van der Waals surface area contributed by atoms with Crippen LogP contribution in [0.5, 0.6) is 0 Å². The highest BCUT2D eigenvalue weighted by Gasteiger charge is 2.41. The minimum atomic E-state index is -4.08. The van der Waals surface area contributed by atoms with Gasteiger partial charge in [0.1, 0.15) is 6.61 Å². The summed E-state index contributed by atoms with van der Waals surface area (Å²) in [5, 5.41) is 3.01. The number of halogens is 4. The fourth-order valence-electron chi connectivity index (χ4n) is 1.30. The highest BCUT2D eigenvalue weighted by molar-refractivity contribution is 4.92. The molecule has 0 amide bonds. The minimum absolute atomic E-state index is 0.0387. The quantitative estimate of drug-likeness (QED) is 0.506. The Bertz CT molecular complexity index is 234. The van der Waals surface area contributed by atoms with Crippen LogP contribution in [0.3, 0.4) is 0 Å².